The van der Waals surface area contributed by atoms with E-state index >= 15 is 0 Å². The van der Waals surface area contributed by atoms with Gasteiger partial charge in [-0.25, -0.2) is 0 Å². The van der Waals surface area contributed by atoms with Crippen molar-refractivity contribution < 1.29 is 19.1 Å². The predicted octanol–water partition coefficient (Wildman–Crippen LogP) is 6.62. The number of benzene rings is 3. The van der Waals surface area contributed by atoms with E-state index in [-0.39, 0.29) is 11.3 Å². The Morgan fingerprint density at radius 3 is 2.67 bits per heavy atom. The van der Waals surface area contributed by atoms with Crippen LogP contribution in [0.25, 0.3) is 21.7 Å². The van der Waals surface area contributed by atoms with E-state index in [1.807, 2.05) is 49.4 Å². The molecule has 1 N–H and O–H groups in total. The van der Waals surface area contributed by atoms with Crippen LogP contribution < -0.4 is 0 Å². The number of nitrogens with zero attached hydrogens (tertiary/aromatic N) is 1. The standard InChI is InChI=1S/C27H22ClNO4/c1-2-3-13-29-24(20-10-6-8-16-7-4-5-9-19(16)20)23(26(31)27(29)32)25(30)22-15-17-14-18(28)11-12-21(17)33-22/h4-12,14-15,24,31H,2-3,13H2,1H3. The van der Waals surface area contributed by atoms with E-state index in [0.29, 0.717) is 22.5 Å². The number of unbranched alkanes of at least 4 members (excludes halogenated alkanes) is 1. The molecule has 0 radical (unpaired) electrons. The summed E-state index contributed by atoms with van der Waals surface area (Å²) < 4.78 is 5.79. The van der Waals surface area contributed by atoms with Gasteiger partial charge in [0.05, 0.1) is 11.6 Å². The first-order valence-corrected chi connectivity index (χ1v) is 11.3. The van der Waals surface area contributed by atoms with E-state index in [0.717, 1.165) is 29.2 Å². The van der Waals surface area contributed by atoms with Gasteiger partial charge in [0.15, 0.2) is 11.5 Å². The Hall–Kier alpha value is -3.57. The Balaban J connectivity index is 1.67. The molecule has 6 heteroatoms. The minimum Gasteiger partial charge on any atom is -0.503 e. The Labute approximate surface area is 195 Å². The highest BCUT2D eigenvalue weighted by atomic mass is 35.5. The molecule has 2 heterocycles. The minimum atomic E-state index is -0.709. The summed E-state index contributed by atoms with van der Waals surface area (Å²) in [5.74, 6) is -1.51. The monoisotopic (exact) mass is 459 g/mol. The van der Waals surface area contributed by atoms with Crippen molar-refractivity contribution in [1.29, 1.82) is 0 Å². The molecular formula is C27H22ClNO4. The van der Waals surface area contributed by atoms with Crippen molar-refractivity contribution in [3.05, 3.63) is 94.4 Å². The van der Waals surface area contributed by atoms with Gasteiger partial charge in [-0.05, 0) is 47.0 Å². The van der Waals surface area contributed by atoms with Crippen LogP contribution in [-0.4, -0.2) is 28.2 Å². The van der Waals surface area contributed by atoms with Crippen molar-refractivity contribution >= 4 is 45.0 Å². The molecule has 1 atom stereocenters. The molecule has 0 fully saturated rings. The number of hydrogen-bond donors (Lipinski definition) is 1. The molecule has 1 aliphatic rings. The van der Waals surface area contributed by atoms with Crippen LogP contribution in [-0.2, 0) is 4.79 Å². The Bertz CT molecular complexity index is 1430. The van der Waals surface area contributed by atoms with Crippen LogP contribution >= 0.6 is 11.6 Å². The van der Waals surface area contributed by atoms with Gasteiger partial charge in [0.2, 0.25) is 5.78 Å². The van der Waals surface area contributed by atoms with Gasteiger partial charge in [-0.3, -0.25) is 9.59 Å². The highest BCUT2D eigenvalue weighted by Crippen LogP contribution is 2.42. The summed E-state index contributed by atoms with van der Waals surface area (Å²) in [7, 11) is 0. The number of ketones is 1. The lowest BCUT2D eigenvalue weighted by Gasteiger charge is -2.27. The molecule has 5 nitrogen and oxygen atoms in total. The van der Waals surface area contributed by atoms with Gasteiger partial charge in [-0.2, -0.15) is 0 Å². The van der Waals surface area contributed by atoms with Gasteiger partial charge in [-0.15, -0.1) is 0 Å². The summed E-state index contributed by atoms with van der Waals surface area (Å²) in [5.41, 5.74) is 1.35. The van der Waals surface area contributed by atoms with Gasteiger partial charge < -0.3 is 14.4 Å². The molecule has 1 aliphatic heterocycles. The number of Topliss-reactive ketones (excluding diaryl/α,β-unsaturated/α-hetero) is 1. The second-order valence-electron chi connectivity index (χ2n) is 8.21. The van der Waals surface area contributed by atoms with Crippen molar-refractivity contribution in [1.82, 2.24) is 4.90 Å². The summed E-state index contributed by atoms with van der Waals surface area (Å²) in [4.78, 5) is 28.4. The minimum absolute atomic E-state index is 0.0395. The number of furan rings is 1. The van der Waals surface area contributed by atoms with Crippen LogP contribution in [0.4, 0.5) is 0 Å². The summed E-state index contributed by atoms with van der Waals surface area (Å²) in [6.07, 6.45) is 1.63. The van der Waals surface area contributed by atoms with Gasteiger partial charge in [0.25, 0.3) is 5.91 Å². The smallest absolute Gasteiger partial charge is 0.290 e. The Kier molecular flexibility index (Phi) is 5.43. The van der Waals surface area contributed by atoms with Gasteiger partial charge >= 0.3 is 0 Å². The summed E-state index contributed by atoms with van der Waals surface area (Å²) >= 11 is 6.08. The second kappa shape index (κ2) is 8.41. The lowest BCUT2D eigenvalue weighted by Crippen LogP contribution is -2.32. The molecule has 33 heavy (non-hydrogen) atoms. The average molecular weight is 460 g/mol. The zero-order valence-electron chi connectivity index (χ0n) is 18.0. The number of carbonyl (C=O) groups is 2. The van der Waals surface area contributed by atoms with Gasteiger partial charge in [-0.1, -0.05) is 67.4 Å². The largest absolute Gasteiger partial charge is 0.503 e. The van der Waals surface area contributed by atoms with Crippen molar-refractivity contribution in [3.63, 3.8) is 0 Å². The average Bonchev–Trinajstić information content (AvgIpc) is 3.35. The molecule has 1 unspecified atom stereocenters. The quantitative estimate of drug-likeness (QED) is 0.329. The SMILES string of the molecule is CCCCN1C(=O)C(O)=C(C(=O)c2cc3cc(Cl)ccc3o2)C1c1cccc2ccccc12. The lowest BCUT2D eigenvalue weighted by molar-refractivity contribution is -0.129. The molecule has 0 saturated heterocycles. The molecule has 4 aromatic rings. The van der Waals surface area contributed by atoms with E-state index in [2.05, 4.69) is 0 Å². The third-order valence-corrected chi connectivity index (χ3v) is 6.36. The maximum atomic E-state index is 13.7. The fourth-order valence-electron chi connectivity index (χ4n) is 4.52. The van der Waals surface area contributed by atoms with Crippen LogP contribution in [0.2, 0.25) is 5.02 Å². The van der Waals surface area contributed by atoms with Crippen molar-refractivity contribution in [3.8, 4) is 0 Å². The van der Waals surface area contributed by atoms with Crippen molar-refractivity contribution in [2.24, 2.45) is 0 Å². The van der Waals surface area contributed by atoms with Gasteiger partial charge in [0, 0.05) is 17.0 Å². The second-order valence-corrected chi connectivity index (χ2v) is 8.64. The molecule has 0 spiro atoms. The zero-order valence-corrected chi connectivity index (χ0v) is 18.8. The molecule has 0 bridgehead atoms. The van der Waals surface area contributed by atoms with Crippen LogP contribution in [0.3, 0.4) is 0 Å². The van der Waals surface area contributed by atoms with E-state index in [9.17, 15) is 14.7 Å². The lowest BCUT2D eigenvalue weighted by atomic mass is 9.91. The van der Waals surface area contributed by atoms with Crippen molar-refractivity contribution in [2.75, 3.05) is 6.54 Å². The van der Waals surface area contributed by atoms with E-state index < -0.39 is 23.5 Å². The Morgan fingerprint density at radius 2 is 1.85 bits per heavy atom. The van der Waals surface area contributed by atoms with Gasteiger partial charge in [0.1, 0.15) is 5.58 Å². The summed E-state index contributed by atoms with van der Waals surface area (Å²) in [6.45, 7) is 2.46. The van der Waals surface area contributed by atoms with Crippen molar-refractivity contribution in [2.45, 2.75) is 25.8 Å². The van der Waals surface area contributed by atoms with Crippen LogP contribution in [0, 0.1) is 0 Å². The number of fused-ring (bicyclic) bond motifs is 2. The molecule has 0 saturated carbocycles. The van der Waals surface area contributed by atoms with Crippen LogP contribution in [0.15, 0.2) is 82.5 Å². The third-order valence-electron chi connectivity index (χ3n) is 6.12. The molecule has 1 aromatic heterocycles. The fraction of sp³-hybridized carbons (Fsp3) is 0.185. The van der Waals surface area contributed by atoms with E-state index in [4.69, 9.17) is 16.0 Å². The first kappa shape index (κ1) is 21.3. The number of aliphatic hydroxyl groups is 1. The third kappa shape index (κ3) is 3.58. The number of rotatable bonds is 6. The molecule has 3 aromatic carbocycles. The number of amides is 1. The van der Waals surface area contributed by atoms with Crippen LogP contribution in [0.1, 0.15) is 41.9 Å². The highest BCUT2D eigenvalue weighted by Gasteiger charge is 2.44. The molecule has 5 rings (SSSR count). The first-order valence-electron chi connectivity index (χ1n) is 10.9. The normalized spacial score (nSPS) is 16.4. The van der Waals surface area contributed by atoms with E-state index in [1.165, 1.54) is 0 Å². The molecule has 166 valence electrons. The topological polar surface area (TPSA) is 70.8 Å². The zero-order chi connectivity index (χ0) is 23.1. The Morgan fingerprint density at radius 1 is 1.06 bits per heavy atom. The van der Waals surface area contributed by atoms with E-state index in [1.54, 1.807) is 29.2 Å². The highest BCUT2D eigenvalue weighted by molar-refractivity contribution is 6.31. The maximum Gasteiger partial charge on any atom is 0.290 e. The molecular weight excluding hydrogens is 438 g/mol. The number of aliphatic hydroxyl groups excluding tert-OH is 1. The summed E-state index contributed by atoms with van der Waals surface area (Å²) in [6, 6.07) is 19.6. The number of halogens is 1. The predicted molar refractivity (Wildman–Crippen MR) is 129 cm³/mol. The fourth-order valence-corrected chi connectivity index (χ4v) is 4.70. The number of hydrogen-bond acceptors (Lipinski definition) is 4. The number of carbonyl (C=O) groups excluding carboxylic acids is 2. The van der Waals surface area contributed by atoms with Crippen LogP contribution in [0.5, 0.6) is 0 Å². The first-order chi connectivity index (χ1) is 16.0. The molecule has 1 amide bonds. The summed E-state index contributed by atoms with van der Waals surface area (Å²) in [5, 5.41) is 14.0. The molecule has 0 aliphatic carbocycles. The maximum absolute atomic E-state index is 13.7.